The summed E-state index contributed by atoms with van der Waals surface area (Å²) in [4.78, 5) is 37.1. The van der Waals surface area contributed by atoms with Crippen LogP contribution in [0.1, 0.15) is 34.1 Å². The highest BCUT2D eigenvalue weighted by Gasteiger charge is 2.12. The van der Waals surface area contributed by atoms with Crippen molar-refractivity contribution in [2.75, 3.05) is 25.5 Å². The minimum atomic E-state index is -0.211. The number of benzene rings is 2. The first-order valence-corrected chi connectivity index (χ1v) is 9.33. The number of anilines is 1. The molecule has 0 atom stereocenters. The largest absolute Gasteiger partial charge is 0.356 e. The Morgan fingerprint density at radius 2 is 1.56 bits per heavy atom. The van der Waals surface area contributed by atoms with Gasteiger partial charge in [0.15, 0.2) is 0 Å². The average molecular weight is 432 g/mol. The maximum atomic E-state index is 12.4. The quantitative estimate of drug-likeness (QED) is 0.660. The van der Waals surface area contributed by atoms with Crippen LogP contribution >= 0.6 is 15.9 Å². The van der Waals surface area contributed by atoms with E-state index >= 15 is 0 Å². The lowest BCUT2D eigenvalue weighted by molar-refractivity contribution is -0.118. The third-order valence-corrected chi connectivity index (χ3v) is 4.42. The molecule has 2 aromatic carbocycles. The standard InChI is InChI=1S/C20H22BrN3O3/c1-14(25)22-12-3-13-24(2)20(27)16-6-10-18(11-7-16)23-19(26)15-4-8-17(21)9-5-15/h4-11H,3,12-13H2,1-2H3,(H,22,25)(H,23,26). The van der Waals surface area contributed by atoms with Gasteiger partial charge in [-0.2, -0.15) is 0 Å². The Labute approximate surface area is 167 Å². The molecule has 0 saturated heterocycles. The summed E-state index contributed by atoms with van der Waals surface area (Å²) < 4.78 is 0.906. The third kappa shape index (κ3) is 6.53. The molecule has 142 valence electrons. The average Bonchev–Trinajstić information content (AvgIpc) is 2.65. The molecule has 0 aliphatic heterocycles. The van der Waals surface area contributed by atoms with Crippen LogP contribution < -0.4 is 10.6 Å². The van der Waals surface area contributed by atoms with E-state index in [9.17, 15) is 14.4 Å². The molecule has 0 aliphatic carbocycles. The van der Waals surface area contributed by atoms with Crippen molar-refractivity contribution in [3.63, 3.8) is 0 Å². The fourth-order valence-corrected chi connectivity index (χ4v) is 2.67. The van der Waals surface area contributed by atoms with E-state index in [1.807, 2.05) is 0 Å². The van der Waals surface area contributed by atoms with Crippen LogP contribution in [0.15, 0.2) is 53.0 Å². The lowest BCUT2D eigenvalue weighted by atomic mass is 10.1. The minimum Gasteiger partial charge on any atom is -0.356 e. The van der Waals surface area contributed by atoms with Crippen LogP contribution in [-0.2, 0) is 4.79 Å². The summed E-state index contributed by atoms with van der Waals surface area (Å²) in [5, 5.41) is 5.51. The lowest BCUT2D eigenvalue weighted by Crippen LogP contribution is -2.30. The Morgan fingerprint density at radius 3 is 2.15 bits per heavy atom. The van der Waals surface area contributed by atoms with Crippen molar-refractivity contribution in [2.24, 2.45) is 0 Å². The van der Waals surface area contributed by atoms with E-state index in [0.717, 1.165) is 4.47 Å². The number of amides is 3. The zero-order valence-electron chi connectivity index (χ0n) is 15.3. The summed E-state index contributed by atoms with van der Waals surface area (Å²) in [6.07, 6.45) is 0.684. The molecule has 27 heavy (non-hydrogen) atoms. The zero-order chi connectivity index (χ0) is 19.8. The van der Waals surface area contributed by atoms with Gasteiger partial charge in [-0.1, -0.05) is 15.9 Å². The van der Waals surface area contributed by atoms with Crippen molar-refractivity contribution < 1.29 is 14.4 Å². The summed E-state index contributed by atoms with van der Waals surface area (Å²) >= 11 is 3.33. The molecule has 0 radical (unpaired) electrons. The fourth-order valence-electron chi connectivity index (χ4n) is 2.40. The van der Waals surface area contributed by atoms with Gasteiger partial charge in [-0.25, -0.2) is 0 Å². The van der Waals surface area contributed by atoms with Crippen molar-refractivity contribution >= 4 is 39.3 Å². The smallest absolute Gasteiger partial charge is 0.255 e. The Bertz CT molecular complexity index is 804. The number of hydrogen-bond donors (Lipinski definition) is 2. The monoisotopic (exact) mass is 431 g/mol. The van der Waals surface area contributed by atoms with Gasteiger partial charge in [0.2, 0.25) is 5.91 Å². The molecular formula is C20H22BrN3O3. The second-order valence-electron chi connectivity index (χ2n) is 6.10. The van der Waals surface area contributed by atoms with Gasteiger partial charge in [0.25, 0.3) is 11.8 Å². The second kappa shape index (κ2) is 9.87. The van der Waals surface area contributed by atoms with Crippen LogP contribution in [0.2, 0.25) is 0 Å². The summed E-state index contributed by atoms with van der Waals surface area (Å²) in [6, 6.07) is 13.8. The van der Waals surface area contributed by atoms with Crippen LogP contribution in [0.5, 0.6) is 0 Å². The topological polar surface area (TPSA) is 78.5 Å². The number of nitrogens with zero attached hydrogens (tertiary/aromatic N) is 1. The number of carbonyl (C=O) groups excluding carboxylic acids is 3. The van der Waals surface area contributed by atoms with Gasteiger partial charge in [0, 0.05) is 48.3 Å². The molecule has 7 heteroatoms. The maximum Gasteiger partial charge on any atom is 0.255 e. The van der Waals surface area contributed by atoms with Crippen LogP contribution in [0.4, 0.5) is 5.69 Å². The van der Waals surface area contributed by atoms with Gasteiger partial charge in [-0.05, 0) is 55.0 Å². The van der Waals surface area contributed by atoms with E-state index in [1.54, 1.807) is 60.5 Å². The van der Waals surface area contributed by atoms with E-state index in [2.05, 4.69) is 26.6 Å². The molecule has 2 aromatic rings. The number of hydrogen-bond acceptors (Lipinski definition) is 3. The van der Waals surface area contributed by atoms with Gasteiger partial charge in [-0.15, -0.1) is 0 Å². The molecule has 2 rings (SSSR count). The van der Waals surface area contributed by atoms with Gasteiger partial charge >= 0.3 is 0 Å². The molecule has 0 aliphatic rings. The van der Waals surface area contributed by atoms with Gasteiger partial charge in [0.05, 0.1) is 0 Å². The van der Waals surface area contributed by atoms with E-state index < -0.39 is 0 Å². The van der Waals surface area contributed by atoms with E-state index in [1.165, 1.54) is 6.92 Å². The highest BCUT2D eigenvalue weighted by molar-refractivity contribution is 9.10. The number of rotatable bonds is 7. The SMILES string of the molecule is CC(=O)NCCCN(C)C(=O)c1ccc(NC(=O)c2ccc(Br)cc2)cc1. The van der Waals surface area contributed by atoms with Crippen LogP contribution in [0.25, 0.3) is 0 Å². The van der Waals surface area contributed by atoms with Crippen molar-refractivity contribution in [1.29, 1.82) is 0 Å². The summed E-state index contributed by atoms with van der Waals surface area (Å²) in [6.45, 7) is 2.54. The molecule has 2 N–H and O–H groups in total. The van der Waals surface area contributed by atoms with Gasteiger partial charge in [-0.3, -0.25) is 14.4 Å². The zero-order valence-corrected chi connectivity index (χ0v) is 16.9. The predicted molar refractivity (Wildman–Crippen MR) is 109 cm³/mol. The third-order valence-electron chi connectivity index (χ3n) is 3.89. The van der Waals surface area contributed by atoms with Crippen molar-refractivity contribution in [2.45, 2.75) is 13.3 Å². The van der Waals surface area contributed by atoms with Crippen LogP contribution in [0, 0.1) is 0 Å². The molecule has 0 heterocycles. The van der Waals surface area contributed by atoms with E-state index in [0.29, 0.717) is 36.3 Å². The summed E-state index contributed by atoms with van der Waals surface area (Å²) in [7, 11) is 1.72. The molecule has 0 saturated carbocycles. The fraction of sp³-hybridized carbons (Fsp3) is 0.250. The van der Waals surface area contributed by atoms with Crippen LogP contribution in [-0.4, -0.2) is 42.8 Å². The molecule has 3 amide bonds. The Balaban J connectivity index is 1.89. The Morgan fingerprint density at radius 1 is 0.963 bits per heavy atom. The van der Waals surface area contributed by atoms with Crippen molar-refractivity contribution in [3.8, 4) is 0 Å². The first-order valence-electron chi connectivity index (χ1n) is 8.53. The highest BCUT2D eigenvalue weighted by atomic mass is 79.9. The van der Waals surface area contributed by atoms with Crippen LogP contribution in [0.3, 0.4) is 0 Å². The van der Waals surface area contributed by atoms with Crippen molar-refractivity contribution in [1.82, 2.24) is 10.2 Å². The normalized spacial score (nSPS) is 10.2. The second-order valence-corrected chi connectivity index (χ2v) is 7.02. The molecule has 0 bridgehead atoms. The first kappa shape index (κ1) is 20.6. The highest BCUT2D eigenvalue weighted by Crippen LogP contribution is 2.15. The Hall–Kier alpha value is -2.67. The van der Waals surface area contributed by atoms with E-state index in [-0.39, 0.29) is 17.7 Å². The molecule has 0 aromatic heterocycles. The number of nitrogens with one attached hydrogen (secondary N) is 2. The Kier molecular flexibility index (Phi) is 7.55. The molecule has 6 nitrogen and oxygen atoms in total. The molecule has 0 fully saturated rings. The van der Waals surface area contributed by atoms with E-state index in [4.69, 9.17) is 0 Å². The van der Waals surface area contributed by atoms with Crippen molar-refractivity contribution in [3.05, 3.63) is 64.1 Å². The van der Waals surface area contributed by atoms with Gasteiger partial charge in [0.1, 0.15) is 0 Å². The summed E-state index contributed by atoms with van der Waals surface area (Å²) in [5.74, 6) is -0.398. The molecule has 0 unspecified atom stereocenters. The number of halogens is 1. The minimum absolute atomic E-state index is 0.0789. The lowest BCUT2D eigenvalue weighted by Gasteiger charge is -2.17. The molecule has 0 spiro atoms. The molecular weight excluding hydrogens is 410 g/mol. The maximum absolute atomic E-state index is 12.4. The predicted octanol–water partition coefficient (Wildman–Crippen LogP) is 3.30. The first-order chi connectivity index (χ1) is 12.9. The van der Waals surface area contributed by atoms with Gasteiger partial charge < -0.3 is 15.5 Å². The number of carbonyl (C=O) groups is 3. The summed E-state index contributed by atoms with van der Waals surface area (Å²) in [5.41, 5.74) is 1.71.